The van der Waals surface area contributed by atoms with Crippen molar-refractivity contribution in [2.45, 2.75) is 26.3 Å². The molecule has 0 saturated carbocycles. The molecule has 0 aliphatic carbocycles. The van der Waals surface area contributed by atoms with E-state index in [9.17, 15) is 9.59 Å². The first kappa shape index (κ1) is 15.8. The summed E-state index contributed by atoms with van der Waals surface area (Å²) in [5.74, 6) is -0.733. The maximum atomic E-state index is 11.9. The van der Waals surface area contributed by atoms with Gasteiger partial charge in [-0.1, -0.05) is 13.0 Å². The molecule has 1 aromatic carbocycles. The third-order valence-electron chi connectivity index (χ3n) is 2.82. The maximum Gasteiger partial charge on any atom is 0.342 e. The van der Waals surface area contributed by atoms with Crippen LogP contribution in [-0.4, -0.2) is 31.6 Å². The summed E-state index contributed by atoms with van der Waals surface area (Å²) in [4.78, 5) is 23.4. The second-order valence-electron chi connectivity index (χ2n) is 4.38. The number of esters is 1. The van der Waals surface area contributed by atoms with Crippen LogP contribution in [0.25, 0.3) is 0 Å². The smallest absolute Gasteiger partial charge is 0.342 e. The zero-order valence-electron chi connectivity index (χ0n) is 11.9. The first-order chi connectivity index (χ1) is 9.49. The first-order valence-corrected chi connectivity index (χ1v) is 6.38. The minimum atomic E-state index is -0.645. The highest BCUT2D eigenvalue weighted by atomic mass is 16.5. The van der Waals surface area contributed by atoms with E-state index in [0.29, 0.717) is 5.69 Å². The zero-order chi connectivity index (χ0) is 15.1. The Kier molecular flexibility index (Phi) is 5.83. The number of rotatable bonds is 6. The lowest BCUT2D eigenvalue weighted by Crippen LogP contribution is -2.35. The molecular weight excluding hydrogens is 260 g/mol. The van der Waals surface area contributed by atoms with Gasteiger partial charge in [-0.25, -0.2) is 4.79 Å². The third kappa shape index (κ3) is 4.15. The average molecular weight is 280 g/mol. The van der Waals surface area contributed by atoms with Gasteiger partial charge in [0.25, 0.3) is 5.91 Å². The van der Waals surface area contributed by atoms with Gasteiger partial charge < -0.3 is 20.5 Å². The van der Waals surface area contributed by atoms with Crippen molar-refractivity contribution in [3.8, 4) is 5.75 Å². The Bertz CT molecular complexity index is 488. The summed E-state index contributed by atoms with van der Waals surface area (Å²) >= 11 is 0. The zero-order valence-corrected chi connectivity index (χ0v) is 11.9. The van der Waals surface area contributed by atoms with Gasteiger partial charge >= 0.3 is 5.97 Å². The molecule has 1 unspecified atom stereocenters. The molecule has 1 aromatic rings. The Morgan fingerprint density at radius 3 is 2.70 bits per heavy atom. The monoisotopic (exact) mass is 280 g/mol. The summed E-state index contributed by atoms with van der Waals surface area (Å²) in [5.41, 5.74) is 6.23. The van der Waals surface area contributed by atoms with Gasteiger partial charge in [0.2, 0.25) is 0 Å². The molecule has 3 N–H and O–H groups in total. The molecule has 6 heteroatoms. The fourth-order valence-electron chi connectivity index (χ4n) is 1.57. The molecule has 0 heterocycles. The molecule has 0 aliphatic heterocycles. The Hall–Kier alpha value is -2.24. The number of ether oxygens (including phenoxy) is 2. The van der Waals surface area contributed by atoms with E-state index >= 15 is 0 Å². The summed E-state index contributed by atoms with van der Waals surface area (Å²) in [6.45, 7) is 3.50. The molecule has 110 valence electrons. The van der Waals surface area contributed by atoms with Crippen molar-refractivity contribution in [3.63, 3.8) is 0 Å². The molecule has 0 radical (unpaired) electrons. The van der Waals surface area contributed by atoms with Gasteiger partial charge in [-0.2, -0.15) is 0 Å². The number of para-hydroxylation sites is 1. The lowest BCUT2D eigenvalue weighted by atomic mass is 10.2. The van der Waals surface area contributed by atoms with Crippen LogP contribution in [0.2, 0.25) is 0 Å². The number of amides is 1. The molecule has 6 nitrogen and oxygen atoms in total. The number of hydrogen-bond donors (Lipinski definition) is 2. The topological polar surface area (TPSA) is 90.7 Å². The van der Waals surface area contributed by atoms with Gasteiger partial charge in [0.15, 0.2) is 12.4 Å². The Morgan fingerprint density at radius 1 is 1.40 bits per heavy atom. The Morgan fingerprint density at radius 2 is 2.10 bits per heavy atom. The second-order valence-corrected chi connectivity index (χ2v) is 4.38. The second kappa shape index (κ2) is 7.37. The molecule has 0 bridgehead atoms. The molecule has 0 spiro atoms. The predicted molar refractivity (Wildman–Crippen MR) is 75.6 cm³/mol. The normalized spacial score (nSPS) is 11.6. The van der Waals surface area contributed by atoms with Crippen LogP contribution in [-0.2, 0) is 9.53 Å². The maximum absolute atomic E-state index is 11.9. The lowest BCUT2D eigenvalue weighted by Gasteiger charge is -2.13. The van der Waals surface area contributed by atoms with E-state index in [1.165, 1.54) is 13.2 Å². The average Bonchev–Trinajstić information content (AvgIpc) is 2.44. The van der Waals surface area contributed by atoms with Gasteiger partial charge in [0.1, 0.15) is 5.56 Å². The summed E-state index contributed by atoms with van der Waals surface area (Å²) < 4.78 is 10.0. The molecule has 0 saturated heterocycles. The van der Waals surface area contributed by atoms with E-state index in [-0.39, 0.29) is 29.9 Å². The highest BCUT2D eigenvalue weighted by molar-refractivity contribution is 5.95. The van der Waals surface area contributed by atoms with Crippen LogP contribution in [0.1, 0.15) is 30.6 Å². The van der Waals surface area contributed by atoms with Crippen molar-refractivity contribution in [2.24, 2.45) is 0 Å². The largest absolute Gasteiger partial charge is 0.494 e. The van der Waals surface area contributed by atoms with Crippen molar-refractivity contribution in [1.82, 2.24) is 5.32 Å². The van der Waals surface area contributed by atoms with Crippen molar-refractivity contribution in [1.29, 1.82) is 0 Å². The number of nitrogen functional groups attached to an aromatic ring is 1. The van der Waals surface area contributed by atoms with Gasteiger partial charge in [-0.15, -0.1) is 0 Å². The number of nitrogens with one attached hydrogen (secondary N) is 1. The van der Waals surface area contributed by atoms with Crippen LogP contribution in [0, 0.1) is 0 Å². The van der Waals surface area contributed by atoms with E-state index in [1.54, 1.807) is 12.1 Å². The highest BCUT2D eigenvalue weighted by Gasteiger charge is 2.17. The fourth-order valence-corrected chi connectivity index (χ4v) is 1.57. The predicted octanol–water partition coefficient (Wildman–Crippen LogP) is 1.35. The summed E-state index contributed by atoms with van der Waals surface area (Å²) in [6, 6.07) is 4.81. The van der Waals surface area contributed by atoms with Crippen molar-refractivity contribution in [2.75, 3.05) is 19.5 Å². The van der Waals surface area contributed by atoms with E-state index in [0.717, 1.165) is 6.42 Å². The van der Waals surface area contributed by atoms with Crippen LogP contribution in [0.5, 0.6) is 5.75 Å². The van der Waals surface area contributed by atoms with E-state index in [4.69, 9.17) is 15.2 Å². The van der Waals surface area contributed by atoms with E-state index in [1.807, 2.05) is 13.8 Å². The summed E-state index contributed by atoms with van der Waals surface area (Å²) in [7, 11) is 1.41. The highest BCUT2D eigenvalue weighted by Crippen LogP contribution is 2.26. The number of benzene rings is 1. The van der Waals surface area contributed by atoms with E-state index in [2.05, 4.69) is 5.32 Å². The number of hydrogen-bond acceptors (Lipinski definition) is 5. The van der Waals surface area contributed by atoms with Crippen molar-refractivity contribution >= 4 is 17.6 Å². The first-order valence-electron chi connectivity index (χ1n) is 6.38. The van der Waals surface area contributed by atoms with Crippen LogP contribution >= 0.6 is 0 Å². The SMILES string of the molecule is CCC(C)NC(=O)COC(=O)c1cccc(N)c1OC. The van der Waals surface area contributed by atoms with Gasteiger partial charge in [-0.3, -0.25) is 4.79 Å². The molecule has 20 heavy (non-hydrogen) atoms. The Labute approximate surface area is 118 Å². The molecular formula is C14H20N2O4. The third-order valence-corrected chi connectivity index (χ3v) is 2.82. The Balaban J connectivity index is 2.64. The number of nitrogens with two attached hydrogens (primary N) is 1. The lowest BCUT2D eigenvalue weighted by molar-refractivity contribution is -0.124. The van der Waals surface area contributed by atoms with Crippen LogP contribution in [0.15, 0.2) is 18.2 Å². The minimum Gasteiger partial charge on any atom is -0.494 e. The molecule has 1 rings (SSSR count). The van der Waals surface area contributed by atoms with Gasteiger partial charge in [0.05, 0.1) is 12.8 Å². The standard InChI is InChI=1S/C14H20N2O4/c1-4-9(2)16-12(17)8-20-14(18)10-6-5-7-11(15)13(10)19-3/h5-7,9H,4,8,15H2,1-3H3,(H,16,17). The fraction of sp³-hybridized carbons (Fsp3) is 0.429. The van der Waals surface area contributed by atoms with Gasteiger partial charge in [-0.05, 0) is 25.5 Å². The minimum absolute atomic E-state index is 0.0445. The van der Waals surface area contributed by atoms with Gasteiger partial charge in [0, 0.05) is 6.04 Å². The molecule has 0 aliphatic rings. The van der Waals surface area contributed by atoms with E-state index < -0.39 is 5.97 Å². The number of carbonyl (C=O) groups excluding carboxylic acids is 2. The number of carbonyl (C=O) groups is 2. The molecule has 0 aromatic heterocycles. The van der Waals surface area contributed by atoms with Crippen molar-refractivity contribution in [3.05, 3.63) is 23.8 Å². The molecule has 1 atom stereocenters. The quantitative estimate of drug-likeness (QED) is 0.606. The summed E-state index contributed by atoms with van der Waals surface area (Å²) in [6.07, 6.45) is 0.808. The molecule has 0 fully saturated rings. The number of anilines is 1. The van der Waals surface area contributed by atoms with Crippen molar-refractivity contribution < 1.29 is 19.1 Å². The van der Waals surface area contributed by atoms with Crippen LogP contribution < -0.4 is 15.8 Å². The van der Waals surface area contributed by atoms with Crippen LogP contribution in [0.3, 0.4) is 0 Å². The summed E-state index contributed by atoms with van der Waals surface area (Å²) in [5, 5.41) is 2.70. The number of methoxy groups -OCH3 is 1. The molecule has 1 amide bonds. The van der Waals surface area contributed by atoms with Crippen LogP contribution in [0.4, 0.5) is 5.69 Å².